The van der Waals surface area contributed by atoms with Gasteiger partial charge < -0.3 is 4.98 Å². The molecule has 0 saturated carbocycles. The molecule has 0 unspecified atom stereocenters. The largest absolute Gasteiger partial charge is 0.345 e. The highest BCUT2D eigenvalue weighted by molar-refractivity contribution is 6.83. The van der Waals surface area contributed by atoms with Crippen molar-refractivity contribution in [1.82, 2.24) is 15.0 Å². The first-order chi connectivity index (χ1) is 7.06. The summed E-state index contributed by atoms with van der Waals surface area (Å²) >= 11 is 0. The lowest BCUT2D eigenvalue weighted by atomic mass is 10.3. The number of hydrogen-bond acceptors (Lipinski definition) is 2. The van der Waals surface area contributed by atoms with Gasteiger partial charge in [0.2, 0.25) is 0 Å². The Balaban J connectivity index is 2.48. The van der Waals surface area contributed by atoms with E-state index in [1.807, 2.05) is 6.20 Å². The Kier molecular flexibility index (Phi) is 2.33. The fraction of sp³-hybridized carbons (Fsp3) is 0.273. The van der Waals surface area contributed by atoms with E-state index in [9.17, 15) is 0 Å². The fourth-order valence-electron chi connectivity index (χ4n) is 1.22. The van der Waals surface area contributed by atoms with Gasteiger partial charge in [-0.05, 0) is 0 Å². The molecular formula is C11H13N3Si. The molecule has 0 aliphatic carbocycles. The molecule has 0 aliphatic rings. The molecule has 2 heterocycles. The van der Waals surface area contributed by atoms with Crippen molar-refractivity contribution in [2.75, 3.05) is 0 Å². The van der Waals surface area contributed by atoms with Crippen LogP contribution in [-0.4, -0.2) is 23.0 Å². The van der Waals surface area contributed by atoms with Gasteiger partial charge in [-0.3, -0.25) is 0 Å². The van der Waals surface area contributed by atoms with Gasteiger partial charge in [0.1, 0.15) is 20.0 Å². The molecule has 76 valence electrons. The molecule has 15 heavy (non-hydrogen) atoms. The highest BCUT2D eigenvalue weighted by atomic mass is 28.3. The van der Waals surface area contributed by atoms with Gasteiger partial charge in [0.15, 0.2) is 0 Å². The minimum Gasteiger partial charge on any atom is -0.345 e. The molecule has 0 aliphatic heterocycles. The maximum absolute atomic E-state index is 4.12. The normalized spacial score (nSPS) is 11.1. The lowest BCUT2D eigenvalue weighted by molar-refractivity contribution is 1.20. The van der Waals surface area contributed by atoms with E-state index in [4.69, 9.17) is 0 Å². The molecule has 4 heteroatoms. The summed E-state index contributed by atoms with van der Waals surface area (Å²) < 4.78 is 0. The Morgan fingerprint density at radius 2 is 2.13 bits per heavy atom. The topological polar surface area (TPSA) is 41.6 Å². The van der Waals surface area contributed by atoms with E-state index in [-0.39, 0.29) is 0 Å². The molecule has 0 atom stereocenters. The molecule has 0 bridgehead atoms. The van der Waals surface area contributed by atoms with Gasteiger partial charge in [-0.15, -0.1) is 5.54 Å². The van der Waals surface area contributed by atoms with Crippen LogP contribution in [0, 0.1) is 11.5 Å². The SMILES string of the molecule is C[Si](C)(C)C#Cc1c[nH]c2ncncc12. The summed E-state index contributed by atoms with van der Waals surface area (Å²) in [6.07, 6.45) is 5.23. The average molecular weight is 215 g/mol. The Morgan fingerprint density at radius 1 is 1.33 bits per heavy atom. The zero-order valence-corrected chi connectivity index (χ0v) is 10.1. The molecular weight excluding hydrogens is 202 g/mol. The van der Waals surface area contributed by atoms with Gasteiger partial charge >= 0.3 is 0 Å². The fourth-order valence-corrected chi connectivity index (χ4v) is 1.73. The number of nitrogens with zero attached hydrogens (tertiary/aromatic N) is 2. The van der Waals surface area contributed by atoms with Crippen LogP contribution in [0.5, 0.6) is 0 Å². The van der Waals surface area contributed by atoms with Gasteiger partial charge in [0, 0.05) is 12.4 Å². The molecule has 3 nitrogen and oxygen atoms in total. The number of hydrogen-bond donors (Lipinski definition) is 1. The molecule has 2 aromatic rings. The number of aromatic amines is 1. The summed E-state index contributed by atoms with van der Waals surface area (Å²) in [6.45, 7) is 6.68. The summed E-state index contributed by atoms with van der Waals surface area (Å²) in [6, 6.07) is 0. The lowest BCUT2D eigenvalue weighted by Crippen LogP contribution is -2.16. The first-order valence-corrected chi connectivity index (χ1v) is 8.36. The molecule has 0 amide bonds. The number of H-pyrrole nitrogens is 1. The van der Waals surface area contributed by atoms with E-state index in [0.717, 1.165) is 16.6 Å². The van der Waals surface area contributed by atoms with Crippen LogP contribution in [0.25, 0.3) is 11.0 Å². The van der Waals surface area contributed by atoms with E-state index in [1.54, 1.807) is 6.20 Å². The van der Waals surface area contributed by atoms with E-state index < -0.39 is 8.07 Å². The second-order valence-electron chi connectivity index (χ2n) is 4.49. The van der Waals surface area contributed by atoms with Crippen molar-refractivity contribution in [3.8, 4) is 11.5 Å². The summed E-state index contributed by atoms with van der Waals surface area (Å²) in [5.41, 5.74) is 5.18. The lowest BCUT2D eigenvalue weighted by Gasteiger charge is -2.02. The van der Waals surface area contributed by atoms with Gasteiger partial charge in [-0.25, -0.2) is 9.97 Å². The van der Waals surface area contributed by atoms with Crippen molar-refractivity contribution >= 4 is 19.1 Å². The third kappa shape index (κ3) is 2.25. The molecule has 0 fully saturated rings. The van der Waals surface area contributed by atoms with Crippen molar-refractivity contribution in [3.05, 3.63) is 24.3 Å². The van der Waals surface area contributed by atoms with Crippen LogP contribution >= 0.6 is 0 Å². The summed E-state index contributed by atoms with van der Waals surface area (Å²) in [5.74, 6) is 3.21. The quantitative estimate of drug-likeness (QED) is 0.540. The van der Waals surface area contributed by atoms with Crippen molar-refractivity contribution in [2.45, 2.75) is 19.6 Å². The highest BCUT2D eigenvalue weighted by Gasteiger charge is 2.08. The predicted octanol–water partition coefficient (Wildman–Crippen LogP) is 2.19. The number of aromatic nitrogens is 3. The first-order valence-electron chi connectivity index (χ1n) is 4.86. The highest BCUT2D eigenvalue weighted by Crippen LogP contribution is 2.13. The Bertz CT molecular complexity index is 540. The van der Waals surface area contributed by atoms with Crippen molar-refractivity contribution < 1.29 is 0 Å². The Labute approximate surface area is 90.0 Å². The monoisotopic (exact) mass is 215 g/mol. The summed E-state index contributed by atoms with van der Waals surface area (Å²) in [5, 5.41) is 1.00. The summed E-state index contributed by atoms with van der Waals surface area (Å²) in [4.78, 5) is 11.2. The van der Waals surface area contributed by atoms with Crippen LogP contribution < -0.4 is 0 Å². The van der Waals surface area contributed by atoms with Gasteiger partial charge in [0.25, 0.3) is 0 Å². The standard InChI is InChI=1S/C11H13N3Si/c1-15(2,3)5-4-9-6-13-11-10(9)7-12-8-14-11/h6-8H,1-3H3,(H,12,13,14). The second-order valence-corrected chi connectivity index (χ2v) is 9.24. The Hall–Kier alpha value is -1.60. The third-order valence-corrected chi connectivity index (χ3v) is 2.80. The van der Waals surface area contributed by atoms with Crippen LogP contribution in [-0.2, 0) is 0 Å². The van der Waals surface area contributed by atoms with E-state index in [2.05, 4.69) is 46.1 Å². The summed E-state index contributed by atoms with van der Waals surface area (Å²) in [7, 11) is -1.32. The molecule has 2 rings (SSSR count). The van der Waals surface area contributed by atoms with E-state index >= 15 is 0 Å². The molecule has 0 aromatic carbocycles. The van der Waals surface area contributed by atoms with Gasteiger partial charge in [0.05, 0.1) is 10.9 Å². The van der Waals surface area contributed by atoms with Crippen LogP contribution in [0.3, 0.4) is 0 Å². The van der Waals surface area contributed by atoms with Gasteiger partial charge in [-0.2, -0.15) is 0 Å². The second kappa shape index (κ2) is 3.52. The smallest absolute Gasteiger partial charge is 0.141 e. The minimum absolute atomic E-state index is 0.852. The van der Waals surface area contributed by atoms with Crippen LogP contribution in [0.2, 0.25) is 19.6 Å². The number of rotatable bonds is 0. The molecule has 0 radical (unpaired) electrons. The zero-order valence-electron chi connectivity index (χ0n) is 9.13. The predicted molar refractivity (Wildman–Crippen MR) is 64.1 cm³/mol. The van der Waals surface area contributed by atoms with Crippen molar-refractivity contribution in [3.63, 3.8) is 0 Å². The first kappa shape index (κ1) is 9.93. The van der Waals surface area contributed by atoms with Crippen LogP contribution in [0.4, 0.5) is 0 Å². The average Bonchev–Trinajstić information content (AvgIpc) is 2.57. The Morgan fingerprint density at radius 3 is 2.87 bits per heavy atom. The van der Waals surface area contributed by atoms with Crippen LogP contribution in [0.1, 0.15) is 5.56 Å². The van der Waals surface area contributed by atoms with Gasteiger partial charge in [-0.1, -0.05) is 25.6 Å². The minimum atomic E-state index is -1.32. The van der Waals surface area contributed by atoms with Crippen LogP contribution in [0.15, 0.2) is 18.7 Å². The molecule has 2 aromatic heterocycles. The maximum atomic E-state index is 4.12. The molecule has 1 N–H and O–H groups in total. The molecule has 0 spiro atoms. The van der Waals surface area contributed by atoms with E-state index in [0.29, 0.717) is 0 Å². The third-order valence-electron chi connectivity index (χ3n) is 1.93. The zero-order chi connectivity index (χ0) is 10.9. The van der Waals surface area contributed by atoms with Crippen molar-refractivity contribution in [2.24, 2.45) is 0 Å². The number of nitrogens with one attached hydrogen (secondary N) is 1. The number of fused-ring (bicyclic) bond motifs is 1. The molecule has 0 saturated heterocycles. The maximum Gasteiger partial charge on any atom is 0.141 e. The van der Waals surface area contributed by atoms with Crippen molar-refractivity contribution in [1.29, 1.82) is 0 Å². The van der Waals surface area contributed by atoms with E-state index in [1.165, 1.54) is 6.33 Å².